The Morgan fingerprint density at radius 3 is 2.21 bits per heavy atom. The average Bonchev–Trinajstić information content (AvgIpc) is 2.82. The van der Waals surface area contributed by atoms with E-state index >= 15 is 0 Å². The van der Waals surface area contributed by atoms with E-state index in [-0.39, 0.29) is 11.3 Å². The summed E-state index contributed by atoms with van der Waals surface area (Å²) in [6.45, 7) is 7.44. The molecule has 0 aromatic heterocycles. The van der Waals surface area contributed by atoms with E-state index in [1.165, 1.54) is 18.2 Å². The van der Waals surface area contributed by atoms with Crippen LogP contribution in [0.5, 0.6) is 0 Å². The van der Waals surface area contributed by atoms with E-state index in [4.69, 9.17) is 9.31 Å². The summed E-state index contributed by atoms with van der Waals surface area (Å²) in [6, 6.07) is 7.95. The quantitative estimate of drug-likeness (QED) is 0.604. The Morgan fingerprint density at radius 1 is 1.00 bits per heavy atom. The standard InChI is InChI=1S/C20H20BF4NO3/c1-18(2)19(3,4)29-21(28-18)13-8-9-16(22)15(11-13)17(27)26-14-7-5-6-12(10-14)20(23,24)25/h5-11H,1-4H3,(H,26,27). The van der Waals surface area contributed by atoms with Gasteiger partial charge in [-0.15, -0.1) is 0 Å². The Kier molecular flexibility index (Phi) is 5.25. The molecular formula is C20H20BF4NO3. The van der Waals surface area contributed by atoms with Crippen LogP contribution < -0.4 is 10.8 Å². The average molecular weight is 409 g/mol. The van der Waals surface area contributed by atoms with Gasteiger partial charge in [-0.25, -0.2) is 4.39 Å². The van der Waals surface area contributed by atoms with Crippen molar-refractivity contribution in [2.75, 3.05) is 5.32 Å². The highest BCUT2D eigenvalue weighted by atomic mass is 19.4. The Balaban J connectivity index is 1.85. The van der Waals surface area contributed by atoms with Crippen molar-refractivity contribution in [3.05, 3.63) is 59.4 Å². The molecule has 1 aliphatic rings. The summed E-state index contributed by atoms with van der Waals surface area (Å²) in [5.41, 5.74) is -2.14. The van der Waals surface area contributed by atoms with Gasteiger partial charge < -0.3 is 14.6 Å². The lowest BCUT2D eigenvalue weighted by molar-refractivity contribution is -0.137. The second-order valence-electron chi connectivity index (χ2n) is 7.86. The van der Waals surface area contributed by atoms with Crippen LogP contribution in [0.15, 0.2) is 42.5 Å². The molecule has 1 saturated heterocycles. The highest BCUT2D eigenvalue weighted by Crippen LogP contribution is 2.36. The van der Waals surface area contributed by atoms with Crippen LogP contribution in [-0.2, 0) is 15.5 Å². The van der Waals surface area contributed by atoms with Gasteiger partial charge in [-0.1, -0.05) is 12.1 Å². The number of halogens is 4. The van der Waals surface area contributed by atoms with E-state index < -0.39 is 41.8 Å². The molecule has 1 amide bonds. The van der Waals surface area contributed by atoms with Crippen LogP contribution in [0.4, 0.5) is 23.2 Å². The van der Waals surface area contributed by atoms with E-state index in [1.54, 1.807) is 0 Å². The normalized spacial score (nSPS) is 18.0. The molecule has 9 heteroatoms. The molecule has 0 atom stereocenters. The van der Waals surface area contributed by atoms with Crippen molar-refractivity contribution in [2.45, 2.75) is 45.1 Å². The molecule has 29 heavy (non-hydrogen) atoms. The lowest BCUT2D eigenvalue weighted by Gasteiger charge is -2.32. The van der Waals surface area contributed by atoms with Gasteiger partial charge in [0, 0.05) is 5.69 Å². The van der Waals surface area contributed by atoms with Crippen LogP contribution in [-0.4, -0.2) is 24.2 Å². The largest absolute Gasteiger partial charge is 0.494 e. The van der Waals surface area contributed by atoms with Gasteiger partial charge in [0.25, 0.3) is 5.91 Å². The smallest absolute Gasteiger partial charge is 0.399 e. The first kappa shape index (κ1) is 21.3. The third-order valence-corrected chi connectivity index (χ3v) is 5.21. The van der Waals surface area contributed by atoms with Crippen molar-refractivity contribution < 1.29 is 31.7 Å². The molecule has 0 bridgehead atoms. The maximum absolute atomic E-state index is 14.3. The fourth-order valence-electron chi connectivity index (χ4n) is 2.81. The maximum atomic E-state index is 14.3. The van der Waals surface area contributed by atoms with Gasteiger partial charge in [0.15, 0.2) is 0 Å². The summed E-state index contributed by atoms with van der Waals surface area (Å²) in [7, 11) is -0.805. The second-order valence-corrected chi connectivity index (χ2v) is 7.86. The molecule has 0 unspecified atom stereocenters. The number of rotatable bonds is 3. The van der Waals surface area contributed by atoms with Crippen LogP contribution in [0.25, 0.3) is 0 Å². The Hall–Kier alpha value is -2.39. The summed E-state index contributed by atoms with van der Waals surface area (Å²) in [4.78, 5) is 12.5. The van der Waals surface area contributed by atoms with E-state index in [1.807, 2.05) is 27.7 Å². The Bertz CT molecular complexity index is 928. The molecular weight excluding hydrogens is 389 g/mol. The van der Waals surface area contributed by atoms with Gasteiger partial charge in [-0.3, -0.25) is 4.79 Å². The number of carbonyl (C=O) groups excluding carboxylic acids is 1. The zero-order valence-electron chi connectivity index (χ0n) is 16.4. The fourth-order valence-corrected chi connectivity index (χ4v) is 2.81. The second kappa shape index (κ2) is 7.14. The summed E-state index contributed by atoms with van der Waals surface area (Å²) >= 11 is 0. The third kappa shape index (κ3) is 4.30. The van der Waals surface area contributed by atoms with Crippen LogP contribution in [0.1, 0.15) is 43.6 Å². The first-order valence-corrected chi connectivity index (χ1v) is 8.94. The summed E-state index contributed by atoms with van der Waals surface area (Å²) in [6.07, 6.45) is -4.55. The molecule has 0 aliphatic carbocycles. The van der Waals surface area contributed by atoms with E-state index in [9.17, 15) is 22.4 Å². The molecule has 2 aromatic rings. The van der Waals surface area contributed by atoms with Crippen molar-refractivity contribution in [1.29, 1.82) is 0 Å². The van der Waals surface area contributed by atoms with Gasteiger partial charge in [-0.05, 0) is 63.5 Å². The van der Waals surface area contributed by atoms with Crippen molar-refractivity contribution in [2.24, 2.45) is 0 Å². The zero-order valence-corrected chi connectivity index (χ0v) is 16.4. The number of carbonyl (C=O) groups is 1. The highest BCUT2D eigenvalue weighted by Gasteiger charge is 2.51. The van der Waals surface area contributed by atoms with Crippen molar-refractivity contribution in [3.8, 4) is 0 Å². The number of anilines is 1. The van der Waals surface area contributed by atoms with Gasteiger partial charge >= 0.3 is 13.3 Å². The predicted octanol–water partition coefficient (Wildman–Crippen LogP) is 4.40. The molecule has 0 saturated carbocycles. The molecule has 1 fully saturated rings. The lowest BCUT2D eigenvalue weighted by Crippen LogP contribution is -2.41. The molecule has 4 nitrogen and oxygen atoms in total. The number of amides is 1. The van der Waals surface area contributed by atoms with Gasteiger partial charge in [-0.2, -0.15) is 13.2 Å². The minimum atomic E-state index is -4.55. The number of hydrogen-bond acceptors (Lipinski definition) is 3. The molecule has 0 radical (unpaired) electrons. The van der Waals surface area contributed by atoms with Crippen molar-refractivity contribution >= 4 is 24.2 Å². The number of alkyl halides is 3. The summed E-state index contributed by atoms with van der Waals surface area (Å²) < 4.78 is 64.6. The fraction of sp³-hybridized carbons (Fsp3) is 0.350. The Labute approximate surface area is 166 Å². The highest BCUT2D eigenvalue weighted by molar-refractivity contribution is 6.62. The third-order valence-electron chi connectivity index (χ3n) is 5.21. The van der Waals surface area contributed by atoms with Gasteiger partial charge in [0.2, 0.25) is 0 Å². The van der Waals surface area contributed by atoms with Crippen molar-refractivity contribution in [1.82, 2.24) is 0 Å². The molecule has 154 valence electrons. The molecule has 3 rings (SSSR count). The van der Waals surface area contributed by atoms with Crippen LogP contribution >= 0.6 is 0 Å². The van der Waals surface area contributed by atoms with Crippen LogP contribution in [0, 0.1) is 5.82 Å². The maximum Gasteiger partial charge on any atom is 0.494 e. The first-order valence-electron chi connectivity index (χ1n) is 8.94. The monoisotopic (exact) mass is 409 g/mol. The molecule has 0 spiro atoms. The Morgan fingerprint density at radius 2 is 1.62 bits per heavy atom. The van der Waals surface area contributed by atoms with Gasteiger partial charge in [0.05, 0.1) is 22.3 Å². The minimum absolute atomic E-state index is 0.0924. The molecule has 1 heterocycles. The lowest BCUT2D eigenvalue weighted by atomic mass is 9.78. The zero-order chi connectivity index (χ0) is 21.6. The van der Waals surface area contributed by atoms with E-state index in [0.29, 0.717) is 5.46 Å². The van der Waals surface area contributed by atoms with Crippen LogP contribution in [0.3, 0.4) is 0 Å². The molecule has 2 aromatic carbocycles. The van der Waals surface area contributed by atoms with Crippen LogP contribution in [0.2, 0.25) is 0 Å². The van der Waals surface area contributed by atoms with Crippen molar-refractivity contribution in [3.63, 3.8) is 0 Å². The first-order chi connectivity index (χ1) is 13.3. The number of nitrogens with one attached hydrogen (secondary N) is 1. The SMILES string of the molecule is CC1(C)OB(c2ccc(F)c(C(=O)Nc3cccc(C(F)(F)F)c3)c2)OC1(C)C. The number of benzene rings is 2. The minimum Gasteiger partial charge on any atom is -0.399 e. The van der Waals surface area contributed by atoms with Gasteiger partial charge in [0.1, 0.15) is 5.82 Å². The summed E-state index contributed by atoms with van der Waals surface area (Å²) in [5.74, 6) is -1.69. The summed E-state index contributed by atoms with van der Waals surface area (Å²) in [5, 5.41) is 2.30. The topological polar surface area (TPSA) is 47.6 Å². The number of hydrogen-bond donors (Lipinski definition) is 1. The molecule has 1 aliphatic heterocycles. The van der Waals surface area contributed by atoms with E-state index in [2.05, 4.69) is 5.32 Å². The predicted molar refractivity (Wildman–Crippen MR) is 102 cm³/mol. The molecule has 1 N–H and O–H groups in total. The van der Waals surface area contributed by atoms with E-state index in [0.717, 1.165) is 24.3 Å².